The van der Waals surface area contributed by atoms with Crippen LogP contribution in [0, 0.1) is 17.0 Å². The van der Waals surface area contributed by atoms with Crippen molar-refractivity contribution in [1.29, 1.82) is 0 Å². The fraction of sp³-hybridized carbons (Fsp3) is 0.158. The van der Waals surface area contributed by atoms with E-state index in [9.17, 15) is 14.9 Å². The SMILES string of the molecule is COc1cccc(C=C2N=C(c3cc(C)ccc3[N+](=O)[O-])OC2=O)c1OC. The molecule has 27 heavy (non-hydrogen) atoms. The van der Waals surface area contributed by atoms with Crippen LogP contribution in [0.5, 0.6) is 11.5 Å². The Labute approximate surface area is 154 Å². The molecule has 0 radical (unpaired) electrons. The number of rotatable bonds is 5. The molecule has 0 aliphatic carbocycles. The minimum absolute atomic E-state index is 0.00681. The van der Waals surface area contributed by atoms with E-state index < -0.39 is 10.9 Å². The molecule has 8 nitrogen and oxygen atoms in total. The first-order chi connectivity index (χ1) is 12.9. The zero-order chi connectivity index (χ0) is 19.6. The minimum Gasteiger partial charge on any atom is -0.493 e. The Morgan fingerprint density at radius 2 is 1.96 bits per heavy atom. The average molecular weight is 368 g/mol. The molecule has 0 aromatic heterocycles. The van der Waals surface area contributed by atoms with Gasteiger partial charge in [0.2, 0.25) is 5.90 Å². The van der Waals surface area contributed by atoms with Gasteiger partial charge in [0.15, 0.2) is 17.2 Å². The summed E-state index contributed by atoms with van der Waals surface area (Å²) < 4.78 is 15.7. The highest BCUT2D eigenvalue weighted by molar-refractivity contribution is 6.14. The molecule has 1 heterocycles. The molecule has 0 saturated heterocycles. The maximum Gasteiger partial charge on any atom is 0.363 e. The van der Waals surface area contributed by atoms with E-state index in [1.165, 1.54) is 26.4 Å². The van der Waals surface area contributed by atoms with Crippen molar-refractivity contribution in [3.05, 3.63) is 68.9 Å². The number of nitrogens with zero attached hydrogens (tertiary/aromatic N) is 2. The van der Waals surface area contributed by atoms with Crippen LogP contribution in [0.25, 0.3) is 6.08 Å². The number of aliphatic imine (C=N–C) groups is 1. The third-order valence-corrected chi connectivity index (χ3v) is 3.93. The van der Waals surface area contributed by atoms with Crippen molar-refractivity contribution in [1.82, 2.24) is 0 Å². The standard InChI is InChI=1S/C19H16N2O6/c1-11-7-8-15(21(23)24)13(9-11)18-20-14(19(22)27-18)10-12-5-4-6-16(25-2)17(12)26-3/h4-10H,1-3H3. The largest absolute Gasteiger partial charge is 0.493 e. The van der Waals surface area contributed by atoms with Gasteiger partial charge in [0.1, 0.15) is 5.56 Å². The van der Waals surface area contributed by atoms with E-state index in [2.05, 4.69) is 4.99 Å². The summed E-state index contributed by atoms with van der Waals surface area (Å²) in [7, 11) is 2.99. The van der Waals surface area contributed by atoms with Crippen LogP contribution >= 0.6 is 0 Å². The predicted molar refractivity (Wildman–Crippen MR) is 98.0 cm³/mol. The summed E-state index contributed by atoms with van der Waals surface area (Å²) in [5, 5.41) is 11.3. The normalized spacial score (nSPS) is 14.7. The van der Waals surface area contributed by atoms with Gasteiger partial charge in [0.05, 0.1) is 19.1 Å². The van der Waals surface area contributed by atoms with Gasteiger partial charge in [-0.1, -0.05) is 18.2 Å². The third-order valence-electron chi connectivity index (χ3n) is 3.93. The molecule has 0 N–H and O–H groups in total. The Bertz CT molecular complexity index is 994. The Balaban J connectivity index is 2.07. The van der Waals surface area contributed by atoms with Crippen LogP contribution in [0.15, 0.2) is 47.1 Å². The van der Waals surface area contributed by atoms with Gasteiger partial charge in [-0.3, -0.25) is 10.1 Å². The molecule has 0 atom stereocenters. The number of nitro groups is 1. The first-order valence-corrected chi connectivity index (χ1v) is 7.93. The molecule has 8 heteroatoms. The minimum atomic E-state index is -0.703. The number of ether oxygens (including phenoxy) is 3. The number of benzene rings is 2. The van der Waals surface area contributed by atoms with E-state index in [0.717, 1.165) is 5.56 Å². The maximum absolute atomic E-state index is 12.2. The van der Waals surface area contributed by atoms with E-state index in [1.807, 2.05) is 0 Å². The van der Waals surface area contributed by atoms with Crippen molar-refractivity contribution < 1.29 is 23.9 Å². The number of hydrogen-bond donors (Lipinski definition) is 0. The van der Waals surface area contributed by atoms with Gasteiger partial charge in [0, 0.05) is 11.6 Å². The molecule has 3 rings (SSSR count). The van der Waals surface area contributed by atoms with Crippen molar-refractivity contribution in [3.8, 4) is 11.5 Å². The summed E-state index contributed by atoms with van der Waals surface area (Å²) >= 11 is 0. The van der Waals surface area contributed by atoms with Gasteiger partial charge in [-0.05, 0) is 30.7 Å². The Kier molecular flexibility index (Phi) is 4.89. The van der Waals surface area contributed by atoms with Gasteiger partial charge < -0.3 is 14.2 Å². The number of carbonyl (C=O) groups is 1. The zero-order valence-electron chi connectivity index (χ0n) is 14.9. The van der Waals surface area contributed by atoms with Crippen LogP contribution in [0.1, 0.15) is 16.7 Å². The Hall–Kier alpha value is -3.68. The van der Waals surface area contributed by atoms with Gasteiger partial charge in [-0.15, -0.1) is 0 Å². The molecule has 1 aliphatic heterocycles. The second kappa shape index (κ2) is 7.28. The molecule has 0 saturated carbocycles. The molecule has 138 valence electrons. The highest BCUT2D eigenvalue weighted by atomic mass is 16.6. The molecule has 2 aromatic rings. The van der Waals surface area contributed by atoms with Gasteiger partial charge in [-0.25, -0.2) is 9.79 Å². The average Bonchev–Trinajstić information content (AvgIpc) is 3.01. The second-order valence-corrected chi connectivity index (χ2v) is 5.70. The van der Waals surface area contributed by atoms with E-state index >= 15 is 0 Å². The lowest BCUT2D eigenvalue weighted by atomic mass is 10.1. The van der Waals surface area contributed by atoms with Gasteiger partial charge in [0.25, 0.3) is 5.69 Å². The summed E-state index contributed by atoms with van der Waals surface area (Å²) in [4.78, 5) is 27.1. The lowest BCUT2D eigenvalue weighted by Gasteiger charge is -2.09. The Morgan fingerprint density at radius 1 is 1.19 bits per heavy atom. The number of aryl methyl sites for hydroxylation is 1. The van der Waals surface area contributed by atoms with Gasteiger partial charge in [-0.2, -0.15) is 0 Å². The van der Waals surface area contributed by atoms with Crippen molar-refractivity contribution >= 4 is 23.6 Å². The first kappa shape index (κ1) is 18.1. The Morgan fingerprint density at radius 3 is 2.63 bits per heavy atom. The summed E-state index contributed by atoms with van der Waals surface area (Å²) in [6, 6.07) is 9.71. The van der Waals surface area contributed by atoms with Crippen LogP contribution in [0.2, 0.25) is 0 Å². The van der Waals surface area contributed by atoms with Crippen LogP contribution in [-0.2, 0) is 9.53 Å². The number of methoxy groups -OCH3 is 2. The van der Waals surface area contributed by atoms with Crippen molar-refractivity contribution in [3.63, 3.8) is 0 Å². The van der Waals surface area contributed by atoms with Crippen molar-refractivity contribution in [2.45, 2.75) is 6.92 Å². The van der Waals surface area contributed by atoms with Crippen LogP contribution in [0.4, 0.5) is 5.69 Å². The number of para-hydroxylation sites is 1. The molecule has 1 aliphatic rings. The maximum atomic E-state index is 12.2. The smallest absolute Gasteiger partial charge is 0.363 e. The number of nitro benzene ring substituents is 1. The van der Waals surface area contributed by atoms with E-state index in [0.29, 0.717) is 17.1 Å². The summed E-state index contributed by atoms with van der Waals surface area (Å²) in [6.07, 6.45) is 1.48. The molecule has 0 amide bonds. The number of esters is 1. The summed E-state index contributed by atoms with van der Waals surface area (Å²) in [5.41, 5.74) is 1.31. The van der Waals surface area contributed by atoms with Crippen molar-refractivity contribution in [2.75, 3.05) is 14.2 Å². The second-order valence-electron chi connectivity index (χ2n) is 5.70. The fourth-order valence-corrected chi connectivity index (χ4v) is 2.68. The first-order valence-electron chi connectivity index (χ1n) is 7.93. The topological polar surface area (TPSA) is 100 Å². The fourth-order valence-electron chi connectivity index (χ4n) is 2.68. The molecule has 0 fully saturated rings. The number of carbonyl (C=O) groups excluding carboxylic acids is 1. The quantitative estimate of drug-likeness (QED) is 0.347. The van der Waals surface area contributed by atoms with Crippen molar-refractivity contribution in [2.24, 2.45) is 4.99 Å². The zero-order valence-corrected chi connectivity index (χ0v) is 14.9. The third kappa shape index (κ3) is 3.50. The lowest BCUT2D eigenvalue weighted by molar-refractivity contribution is -0.385. The molecule has 0 spiro atoms. The monoisotopic (exact) mass is 368 g/mol. The summed E-state index contributed by atoms with van der Waals surface area (Å²) in [5.74, 6) is 0.122. The number of hydrogen-bond acceptors (Lipinski definition) is 7. The van der Waals surface area contributed by atoms with E-state index in [1.54, 1.807) is 37.3 Å². The molecule has 0 unspecified atom stereocenters. The molecular weight excluding hydrogens is 352 g/mol. The van der Waals surface area contributed by atoms with Crippen LogP contribution in [-0.4, -0.2) is 31.0 Å². The van der Waals surface area contributed by atoms with Crippen LogP contribution in [0.3, 0.4) is 0 Å². The van der Waals surface area contributed by atoms with Crippen LogP contribution < -0.4 is 9.47 Å². The molecule has 0 bridgehead atoms. The highest BCUT2D eigenvalue weighted by Gasteiger charge is 2.29. The molecule has 2 aromatic carbocycles. The highest BCUT2D eigenvalue weighted by Crippen LogP contribution is 2.33. The van der Waals surface area contributed by atoms with Gasteiger partial charge >= 0.3 is 5.97 Å². The van der Waals surface area contributed by atoms with E-state index in [-0.39, 0.29) is 22.8 Å². The lowest BCUT2D eigenvalue weighted by Crippen LogP contribution is -2.08. The van der Waals surface area contributed by atoms with E-state index in [4.69, 9.17) is 14.2 Å². The molecular formula is C19H16N2O6. The summed E-state index contributed by atoms with van der Waals surface area (Å²) in [6.45, 7) is 1.78. The predicted octanol–water partition coefficient (Wildman–Crippen LogP) is 3.26. The number of cyclic esters (lactones) is 1.